The molecule has 1 fully saturated rings. The van der Waals surface area contributed by atoms with E-state index in [2.05, 4.69) is 10.3 Å². The molecule has 2 N–H and O–H groups in total. The summed E-state index contributed by atoms with van der Waals surface area (Å²) in [7, 11) is 0. The van der Waals surface area contributed by atoms with Gasteiger partial charge >= 0.3 is 5.97 Å². The average molecular weight is 255 g/mol. The quantitative estimate of drug-likeness (QED) is 0.812. The standard InChI is InChI=1S/C12H15ClN2O2/c1-7(8-4-5-14-6-8)11-9(12(16)17)2-3-10(13)15-11/h2-3,7-8,14H,4-6H2,1H3,(H,16,17). The molecular weight excluding hydrogens is 240 g/mol. The van der Waals surface area contributed by atoms with Gasteiger partial charge in [-0.2, -0.15) is 0 Å². The number of nitrogens with one attached hydrogen (secondary N) is 1. The molecule has 2 unspecified atom stereocenters. The highest BCUT2D eigenvalue weighted by molar-refractivity contribution is 6.29. The van der Waals surface area contributed by atoms with E-state index in [9.17, 15) is 4.79 Å². The van der Waals surface area contributed by atoms with E-state index in [4.69, 9.17) is 16.7 Å². The van der Waals surface area contributed by atoms with Crippen molar-refractivity contribution in [3.63, 3.8) is 0 Å². The van der Waals surface area contributed by atoms with Gasteiger partial charge in [-0.3, -0.25) is 0 Å². The van der Waals surface area contributed by atoms with Crippen LogP contribution in [0, 0.1) is 5.92 Å². The molecule has 1 aliphatic heterocycles. The zero-order chi connectivity index (χ0) is 12.4. The Kier molecular flexibility index (Phi) is 3.64. The molecule has 2 atom stereocenters. The fraction of sp³-hybridized carbons (Fsp3) is 0.500. The van der Waals surface area contributed by atoms with Crippen molar-refractivity contribution in [1.29, 1.82) is 0 Å². The molecule has 4 nitrogen and oxygen atoms in total. The van der Waals surface area contributed by atoms with Gasteiger partial charge in [-0.15, -0.1) is 0 Å². The number of hydrogen-bond donors (Lipinski definition) is 2. The molecule has 0 radical (unpaired) electrons. The van der Waals surface area contributed by atoms with E-state index in [1.165, 1.54) is 12.1 Å². The SMILES string of the molecule is CC(c1nc(Cl)ccc1C(=O)O)C1CCNC1. The van der Waals surface area contributed by atoms with E-state index in [-0.39, 0.29) is 11.5 Å². The largest absolute Gasteiger partial charge is 0.478 e. The number of hydrogen-bond acceptors (Lipinski definition) is 3. The van der Waals surface area contributed by atoms with Crippen molar-refractivity contribution in [2.24, 2.45) is 5.92 Å². The number of rotatable bonds is 3. The zero-order valence-corrected chi connectivity index (χ0v) is 10.4. The maximum atomic E-state index is 11.2. The second-order valence-corrected chi connectivity index (χ2v) is 4.80. The Morgan fingerprint density at radius 1 is 1.65 bits per heavy atom. The molecule has 2 heterocycles. The Morgan fingerprint density at radius 3 is 3.00 bits per heavy atom. The number of halogens is 1. The summed E-state index contributed by atoms with van der Waals surface area (Å²) in [6, 6.07) is 3.06. The molecule has 1 aliphatic rings. The molecular formula is C12H15ClN2O2. The van der Waals surface area contributed by atoms with E-state index in [0.717, 1.165) is 19.5 Å². The topological polar surface area (TPSA) is 62.2 Å². The maximum absolute atomic E-state index is 11.2. The van der Waals surface area contributed by atoms with Crippen LogP contribution in [0.4, 0.5) is 0 Å². The van der Waals surface area contributed by atoms with Crippen LogP contribution in [-0.2, 0) is 0 Å². The summed E-state index contributed by atoms with van der Waals surface area (Å²) < 4.78 is 0. The molecule has 0 bridgehead atoms. The van der Waals surface area contributed by atoms with Gasteiger partial charge in [0, 0.05) is 5.92 Å². The Balaban J connectivity index is 2.34. The number of nitrogens with zero attached hydrogens (tertiary/aromatic N) is 1. The monoisotopic (exact) mass is 254 g/mol. The first-order valence-electron chi connectivity index (χ1n) is 5.70. The predicted octanol–water partition coefficient (Wildman–Crippen LogP) is 2.15. The molecule has 0 aromatic carbocycles. The second kappa shape index (κ2) is 5.02. The Morgan fingerprint density at radius 2 is 2.41 bits per heavy atom. The number of aromatic nitrogens is 1. The zero-order valence-electron chi connectivity index (χ0n) is 9.61. The molecule has 0 amide bonds. The summed E-state index contributed by atoms with van der Waals surface area (Å²) in [5.41, 5.74) is 0.854. The number of carboxylic acids is 1. The van der Waals surface area contributed by atoms with E-state index < -0.39 is 5.97 Å². The third-order valence-corrected chi connectivity index (χ3v) is 3.57. The maximum Gasteiger partial charge on any atom is 0.337 e. The average Bonchev–Trinajstić information content (AvgIpc) is 2.80. The fourth-order valence-corrected chi connectivity index (χ4v) is 2.46. The van der Waals surface area contributed by atoms with Gasteiger partial charge in [0.2, 0.25) is 0 Å². The summed E-state index contributed by atoms with van der Waals surface area (Å²) in [5, 5.41) is 12.8. The predicted molar refractivity (Wildman–Crippen MR) is 65.6 cm³/mol. The van der Waals surface area contributed by atoms with E-state index in [1.807, 2.05) is 6.92 Å². The molecule has 92 valence electrons. The third kappa shape index (κ3) is 2.58. The van der Waals surface area contributed by atoms with Crippen LogP contribution in [-0.4, -0.2) is 29.1 Å². The van der Waals surface area contributed by atoms with Gasteiger partial charge < -0.3 is 10.4 Å². The lowest BCUT2D eigenvalue weighted by atomic mass is 9.88. The Bertz CT molecular complexity index is 431. The van der Waals surface area contributed by atoms with E-state index in [0.29, 0.717) is 16.8 Å². The smallest absolute Gasteiger partial charge is 0.337 e. The third-order valence-electron chi connectivity index (χ3n) is 3.36. The summed E-state index contributed by atoms with van der Waals surface area (Å²) in [6.07, 6.45) is 1.05. The van der Waals surface area contributed by atoms with Crippen LogP contribution in [0.5, 0.6) is 0 Å². The molecule has 0 spiro atoms. The van der Waals surface area contributed by atoms with Gasteiger partial charge in [0.25, 0.3) is 0 Å². The van der Waals surface area contributed by atoms with E-state index >= 15 is 0 Å². The van der Waals surface area contributed by atoms with Crippen LogP contribution >= 0.6 is 11.6 Å². The first-order chi connectivity index (χ1) is 8.09. The molecule has 5 heteroatoms. The van der Waals surface area contributed by atoms with Gasteiger partial charge in [0.05, 0.1) is 11.3 Å². The van der Waals surface area contributed by atoms with Crippen molar-refractivity contribution >= 4 is 17.6 Å². The summed E-state index contributed by atoms with van der Waals surface area (Å²) in [6.45, 7) is 3.91. The van der Waals surface area contributed by atoms with Crippen molar-refractivity contribution in [3.8, 4) is 0 Å². The normalized spacial score (nSPS) is 21.4. The summed E-state index contributed by atoms with van der Waals surface area (Å²) >= 11 is 5.85. The minimum absolute atomic E-state index is 0.106. The summed E-state index contributed by atoms with van der Waals surface area (Å²) in [4.78, 5) is 15.3. The summed E-state index contributed by atoms with van der Waals surface area (Å²) in [5.74, 6) is -0.407. The van der Waals surface area contributed by atoms with Crippen molar-refractivity contribution in [3.05, 3.63) is 28.5 Å². The highest BCUT2D eigenvalue weighted by Crippen LogP contribution is 2.30. The van der Waals surface area contributed by atoms with Crippen LogP contribution in [0.25, 0.3) is 0 Å². The fourth-order valence-electron chi connectivity index (χ4n) is 2.31. The van der Waals surface area contributed by atoms with Gasteiger partial charge in [0.15, 0.2) is 0 Å². The molecule has 17 heavy (non-hydrogen) atoms. The van der Waals surface area contributed by atoms with Crippen LogP contribution < -0.4 is 5.32 Å². The minimum Gasteiger partial charge on any atom is -0.478 e. The van der Waals surface area contributed by atoms with Gasteiger partial charge in [0.1, 0.15) is 5.15 Å². The Labute approximate surface area is 105 Å². The Hall–Kier alpha value is -1.13. The van der Waals surface area contributed by atoms with Crippen molar-refractivity contribution < 1.29 is 9.90 Å². The van der Waals surface area contributed by atoms with Gasteiger partial charge in [-0.05, 0) is 37.6 Å². The minimum atomic E-state index is -0.943. The number of pyridine rings is 1. The van der Waals surface area contributed by atoms with Crippen LogP contribution in [0.3, 0.4) is 0 Å². The molecule has 1 aromatic heterocycles. The van der Waals surface area contributed by atoms with E-state index in [1.54, 1.807) is 0 Å². The highest BCUT2D eigenvalue weighted by atomic mass is 35.5. The highest BCUT2D eigenvalue weighted by Gasteiger charge is 2.27. The lowest BCUT2D eigenvalue weighted by Crippen LogP contribution is -2.18. The van der Waals surface area contributed by atoms with Crippen molar-refractivity contribution in [2.75, 3.05) is 13.1 Å². The number of carbonyl (C=O) groups is 1. The van der Waals surface area contributed by atoms with Crippen LogP contribution in [0.15, 0.2) is 12.1 Å². The molecule has 2 rings (SSSR count). The van der Waals surface area contributed by atoms with Crippen molar-refractivity contribution in [1.82, 2.24) is 10.3 Å². The van der Waals surface area contributed by atoms with Crippen molar-refractivity contribution in [2.45, 2.75) is 19.3 Å². The van der Waals surface area contributed by atoms with Crippen LogP contribution in [0.2, 0.25) is 5.15 Å². The van der Waals surface area contributed by atoms with Gasteiger partial charge in [-0.25, -0.2) is 9.78 Å². The van der Waals surface area contributed by atoms with Crippen LogP contribution in [0.1, 0.15) is 35.3 Å². The first kappa shape index (κ1) is 12.3. The molecule has 0 saturated carbocycles. The lowest BCUT2D eigenvalue weighted by molar-refractivity contribution is 0.0694. The second-order valence-electron chi connectivity index (χ2n) is 4.41. The first-order valence-corrected chi connectivity index (χ1v) is 6.08. The molecule has 1 aromatic rings. The molecule has 1 saturated heterocycles. The number of carboxylic acid groups (broad SMARTS) is 1. The molecule has 0 aliphatic carbocycles. The van der Waals surface area contributed by atoms with Gasteiger partial charge in [-0.1, -0.05) is 18.5 Å². The lowest BCUT2D eigenvalue weighted by Gasteiger charge is -2.19. The number of aromatic carboxylic acids is 1.